The van der Waals surface area contributed by atoms with Gasteiger partial charge in [-0.3, -0.25) is 4.55 Å². The minimum atomic E-state index is -4.26. The van der Waals surface area contributed by atoms with Gasteiger partial charge in [-0.2, -0.15) is 8.42 Å². The molecule has 19 heavy (non-hydrogen) atoms. The Morgan fingerprint density at radius 1 is 1.16 bits per heavy atom. The summed E-state index contributed by atoms with van der Waals surface area (Å²) in [7, 11) is -8.31. The van der Waals surface area contributed by atoms with Gasteiger partial charge in [0, 0.05) is 6.54 Å². The summed E-state index contributed by atoms with van der Waals surface area (Å²) in [6.45, 7) is -0.499. The van der Waals surface area contributed by atoms with Gasteiger partial charge in [-0.25, -0.2) is 13.1 Å². The van der Waals surface area contributed by atoms with Crippen molar-refractivity contribution in [1.82, 2.24) is 4.72 Å². The normalized spacial score (nSPS) is 12.6. The van der Waals surface area contributed by atoms with Gasteiger partial charge in [-0.1, -0.05) is 23.2 Å². The molecule has 0 aromatic heterocycles. The van der Waals surface area contributed by atoms with E-state index in [2.05, 4.69) is 0 Å². The van der Waals surface area contributed by atoms with Crippen molar-refractivity contribution in [1.29, 1.82) is 0 Å². The molecule has 0 unspecified atom stereocenters. The third kappa shape index (κ3) is 4.79. The highest BCUT2D eigenvalue weighted by Gasteiger charge is 2.19. The minimum absolute atomic E-state index is 0.00831. The molecule has 7 nitrogen and oxygen atoms in total. The summed E-state index contributed by atoms with van der Waals surface area (Å²) in [5.41, 5.74) is 5.37. The molecule has 0 aliphatic heterocycles. The maximum atomic E-state index is 11.8. The fourth-order valence-corrected chi connectivity index (χ4v) is 3.22. The fraction of sp³-hybridized carbons (Fsp3) is 0.250. The van der Waals surface area contributed by atoms with Crippen LogP contribution >= 0.6 is 23.2 Å². The monoisotopic (exact) mass is 348 g/mol. The number of hydrogen-bond donors (Lipinski definition) is 3. The lowest BCUT2D eigenvalue weighted by Gasteiger charge is -2.09. The number of nitrogens with one attached hydrogen (secondary N) is 1. The van der Waals surface area contributed by atoms with E-state index in [0.717, 1.165) is 6.07 Å². The summed E-state index contributed by atoms with van der Waals surface area (Å²) >= 11 is 11.3. The Bertz CT molecular complexity index is 687. The molecule has 0 fully saturated rings. The van der Waals surface area contributed by atoms with Crippen LogP contribution in [0.25, 0.3) is 0 Å². The predicted octanol–water partition coefficient (Wildman–Crippen LogP) is 0.742. The third-order valence-corrected chi connectivity index (χ3v) is 4.95. The molecule has 0 saturated heterocycles. The number of benzene rings is 1. The average molecular weight is 349 g/mol. The molecular formula is C8H10Cl2N2O5S2. The highest BCUT2D eigenvalue weighted by molar-refractivity contribution is 7.89. The van der Waals surface area contributed by atoms with Crippen molar-refractivity contribution in [2.45, 2.75) is 4.90 Å². The Morgan fingerprint density at radius 2 is 1.68 bits per heavy atom. The molecular weight excluding hydrogens is 339 g/mol. The van der Waals surface area contributed by atoms with Gasteiger partial charge in [0.15, 0.2) is 0 Å². The van der Waals surface area contributed by atoms with E-state index in [1.54, 1.807) is 0 Å². The fourth-order valence-electron chi connectivity index (χ4n) is 1.16. The first-order valence-electron chi connectivity index (χ1n) is 4.72. The molecule has 11 heteroatoms. The number of hydrogen-bond acceptors (Lipinski definition) is 5. The SMILES string of the molecule is Nc1cc(Cl)c(Cl)cc1S(=O)(=O)NCCS(=O)(=O)O. The zero-order valence-electron chi connectivity index (χ0n) is 9.30. The maximum absolute atomic E-state index is 11.8. The molecule has 0 heterocycles. The van der Waals surface area contributed by atoms with Gasteiger partial charge in [0.25, 0.3) is 10.1 Å². The Hall–Kier alpha value is -0.580. The molecule has 0 aliphatic rings. The highest BCUT2D eigenvalue weighted by atomic mass is 35.5. The van der Waals surface area contributed by atoms with E-state index >= 15 is 0 Å². The molecule has 0 radical (unpaired) electrons. The number of anilines is 1. The van der Waals surface area contributed by atoms with Crippen molar-refractivity contribution in [3.8, 4) is 0 Å². The van der Waals surface area contributed by atoms with Gasteiger partial charge >= 0.3 is 0 Å². The van der Waals surface area contributed by atoms with Crippen LogP contribution in [0.15, 0.2) is 17.0 Å². The summed E-state index contributed by atoms with van der Waals surface area (Å²) < 4.78 is 55.1. The summed E-state index contributed by atoms with van der Waals surface area (Å²) in [5.74, 6) is -0.756. The second kappa shape index (κ2) is 5.81. The lowest BCUT2D eigenvalue weighted by atomic mass is 10.3. The summed E-state index contributed by atoms with van der Waals surface area (Å²) in [6.07, 6.45) is 0. The molecule has 0 atom stereocenters. The van der Waals surface area contributed by atoms with Crippen molar-refractivity contribution in [2.24, 2.45) is 0 Å². The second-order valence-corrected chi connectivity index (χ2v) is 7.61. The number of sulfonamides is 1. The maximum Gasteiger partial charge on any atom is 0.266 e. The molecule has 4 N–H and O–H groups in total. The second-order valence-electron chi connectivity index (χ2n) is 3.49. The van der Waals surface area contributed by atoms with Crippen molar-refractivity contribution in [2.75, 3.05) is 18.0 Å². The zero-order valence-corrected chi connectivity index (χ0v) is 12.4. The van der Waals surface area contributed by atoms with Gasteiger partial charge in [-0.15, -0.1) is 0 Å². The number of rotatable bonds is 5. The molecule has 0 spiro atoms. The van der Waals surface area contributed by atoms with Crippen molar-refractivity contribution >= 4 is 49.0 Å². The van der Waals surface area contributed by atoms with Crippen LogP contribution in [0.1, 0.15) is 0 Å². The van der Waals surface area contributed by atoms with Crippen LogP contribution in [0, 0.1) is 0 Å². The Labute approximate surface area is 120 Å². The van der Waals surface area contributed by atoms with E-state index in [1.165, 1.54) is 6.07 Å². The van der Waals surface area contributed by atoms with Gasteiger partial charge < -0.3 is 5.73 Å². The van der Waals surface area contributed by atoms with Crippen LogP contribution in [0.5, 0.6) is 0 Å². The Morgan fingerprint density at radius 3 is 2.21 bits per heavy atom. The molecule has 108 valence electrons. The molecule has 1 aromatic rings. The van der Waals surface area contributed by atoms with Crippen molar-refractivity contribution < 1.29 is 21.4 Å². The lowest BCUT2D eigenvalue weighted by Crippen LogP contribution is -2.29. The van der Waals surface area contributed by atoms with E-state index in [-0.39, 0.29) is 20.6 Å². The van der Waals surface area contributed by atoms with E-state index in [0.29, 0.717) is 0 Å². The van der Waals surface area contributed by atoms with E-state index in [9.17, 15) is 16.8 Å². The number of halogens is 2. The largest absolute Gasteiger partial charge is 0.398 e. The first kappa shape index (κ1) is 16.5. The van der Waals surface area contributed by atoms with Gasteiger partial charge in [0.1, 0.15) is 4.90 Å². The average Bonchev–Trinajstić information content (AvgIpc) is 2.20. The highest BCUT2D eigenvalue weighted by Crippen LogP contribution is 2.29. The standard InChI is InChI=1S/C8H10Cl2N2O5S2/c9-5-3-7(11)8(4-6(5)10)19(16,17)12-1-2-18(13,14)15/h3-4,12H,1-2,11H2,(H,13,14,15). The molecule has 1 aromatic carbocycles. The van der Waals surface area contributed by atoms with Gasteiger partial charge in [-0.05, 0) is 12.1 Å². The summed E-state index contributed by atoms with van der Waals surface area (Å²) in [5, 5.41) is 0.0853. The Kier molecular flexibility index (Phi) is 5.04. The smallest absolute Gasteiger partial charge is 0.266 e. The van der Waals surface area contributed by atoms with E-state index in [4.69, 9.17) is 33.5 Å². The van der Waals surface area contributed by atoms with Gasteiger partial charge in [0.2, 0.25) is 10.0 Å². The summed E-state index contributed by atoms with van der Waals surface area (Å²) in [6, 6.07) is 2.22. The Balaban J connectivity index is 2.98. The van der Waals surface area contributed by atoms with E-state index < -0.39 is 32.4 Å². The van der Waals surface area contributed by atoms with Crippen molar-refractivity contribution in [3.63, 3.8) is 0 Å². The number of nitrogen functional groups attached to an aromatic ring is 1. The quantitative estimate of drug-likeness (QED) is 0.532. The van der Waals surface area contributed by atoms with Crippen LogP contribution in [-0.2, 0) is 20.1 Å². The third-order valence-electron chi connectivity index (χ3n) is 1.99. The predicted molar refractivity (Wildman–Crippen MR) is 72.5 cm³/mol. The van der Waals surface area contributed by atoms with Crippen LogP contribution in [0.3, 0.4) is 0 Å². The lowest BCUT2D eigenvalue weighted by molar-refractivity contribution is 0.482. The first-order chi connectivity index (χ1) is 8.53. The molecule has 0 bridgehead atoms. The molecule has 0 saturated carbocycles. The van der Waals surface area contributed by atoms with Gasteiger partial charge in [0.05, 0.1) is 21.5 Å². The molecule has 0 amide bonds. The zero-order chi connectivity index (χ0) is 14.8. The van der Waals surface area contributed by atoms with Crippen LogP contribution < -0.4 is 10.5 Å². The van der Waals surface area contributed by atoms with Crippen molar-refractivity contribution in [3.05, 3.63) is 22.2 Å². The molecule has 1 rings (SSSR count). The molecule has 0 aliphatic carbocycles. The van der Waals surface area contributed by atoms with Crippen LogP contribution in [-0.4, -0.2) is 33.7 Å². The minimum Gasteiger partial charge on any atom is -0.398 e. The number of nitrogens with two attached hydrogens (primary N) is 1. The topological polar surface area (TPSA) is 127 Å². The van der Waals surface area contributed by atoms with Crippen LogP contribution in [0.4, 0.5) is 5.69 Å². The van der Waals surface area contributed by atoms with Crippen LogP contribution in [0.2, 0.25) is 10.0 Å². The summed E-state index contributed by atoms with van der Waals surface area (Å²) in [4.78, 5) is -0.322. The van der Waals surface area contributed by atoms with E-state index in [1.807, 2.05) is 4.72 Å². The first-order valence-corrected chi connectivity index (χ1v) is 8.57.